The van der Waals surface area contributed by atoms with Crippen molar-refractivity contribution in [2.75, 3.05) is 38.1 Å². The molecule has 2 aromatic carbocycles. The van der Waals surface area contributed by atoms with Gasteiger partial charge in [0.2, 0.25) is 5.91 Å². The summed E-state index contributed by atoms with van der Waals surface area (Å²) in [6.07, 6.45) is 0.691. The van der Waals surface area contributed by atoms with Crippen LogP contribution in [0.2, 0.25) is 0 Å². The average Bonchev–Trinajstić information content (AvgIpc) is 3.24. The van der Waals surface area contributed by atoms with Crippen molar-refractivity contribution in [2.45, 2.75) is 6.42 Å². The normalized spacial score (nSPS) is 15.9. The van der Waals surface area contributed by atoms with Gasteiger partial charge >= 0.3 is 0 Å². The molecule has 0 bridgehead atoms. The van der Waals surface area contributed by atoms with Crippen LogP contribution in [-0.4, -0.2) is 39.2 Å². The lowest BCUT2D eigenvalue weighted by atomic mass is 10.1. The van der Waals surface area contributed by atoms with Gasteiger partial charge in [-0.25, -0.2) is 0 Å². The van der Waals surface area contributed by atoms with Crippen LogP contribution in [0.25, 0.3) is 0 Å². The predicted molar refractivity (Wildman–Crippen MR) is 101 cm³/mol. The summed E-state index contributed by atoms with van der Waals surface area (Å²) in [6, 6.07) is 12.1. The summed E-state index contributed by atoms with van der Waals surface area (Å²) in [7, 11) is 3.00. The Bertz CT molecular complexity index is 817. The van der Waals surface area contributed by atoms with E-state index in [2.05, 4.69) is 10.6 Å². The molecule has 1 aliphatic heterocycles. The van der Waals surface area contributed by atoms with Gasteiger partial charge in [0.05, 0.1) is 38.1 Å². The van der Waals surface area contributed by atoms with Crippen LogP contribution in [0.4, 0.5) is 11.4 Å². The van der Waals surface area contributed by atoms with Crippen molar-refractivity contribution in [1.29, 1.82) is 0 Å². The van der Waals surface area contributed by atoms with Crippen LogP contribution < -0.4 is 20.1 Å². The highest BCUT2D eigenvalue weighted by Crippen LogP contribution is 2.37. The van der Waals surface area contributed by atoms with Gasteiger partial charge in [0, 0.05) is 24.3 Å². The molecule has 7 nitrogen and oxygen atoms in total. The summed E-state index contributed by atoms with van der Waals surface area (Å²) in [6.45, 7) is 1.000. The topological polar surface area (TPSA) is 85.9 Å². The molecule has 1 aliphatic rings. The van der Waals surface area contributed by atoms with Gasteiger partial charge in [-0.05, 0) is 18.6 Å². The van der Waals surface area contributed by atoms with Crippen LogP contribution in [0.1, 0.15) is 16.8 Å². The van der Waals surface area contributed by atoms with E-state index < -0.39 is 0 Å². The Kier molecular flexibility index (Phi) is 5.93. The highest BCUT2D eigenvalue weighted by molar-refractivity contribution is 6.05. The molecular weight excluding hydrogens is 348 g/mol. The summed E-state index contributed by atoms with van der Waals surface area (Å²) >= 11 is 0. The van der Waals surface area contributed by atoms with Gasteiger partial charge in [-0.3, -0.25) is 9.59 Å². The molecule has 1 heterocycles. The third kappa shape index (κ3) is 4.38. The average molecular weight is 370 g/mol. The number of benzene rings is 2. The quantitative estimate of drug-likeness (QED) is 0.817. The molecule has 2 aromatic rings. The van der Waals surface area contributed by atoms with Crippen LogP contribution >= 0.6 is 0 Å². The molecule has 1 unspecified atom stereocenters. The summed E-state index contributed by atoms with van der Waals surface area (Å²) in [5.41, 5.74) is 1.45. The first-order valence-corrected chi connectivity index (χ1v) is 8.63. The van der Waals surface area contributed by atoms with E-state index in [1.54, 1.807) is 36.4 Å². The molecule has 2 amide bonds. The lowest BCUT2D eigenvalue weighted by molar-refractivity contribution is -0.119. The van der Waals surface area contributed by atoms with Crippen molar-refractivity contribution in [2.24, 2.45) is 5.92 Å². The third-order valence-electron chi connectivity index (χ3n) is 4.36. The molecule has 3 rings (SSSR count). The number of ether oxygens (including phenoxy) is 3. The molecule has 1 fully saturated rings. The highest BCUT2D eigenvalue weighted by Gasteiger charge is 2.25. The van der Waals surface area contributed by atoms with E-state index in [0.717, 1.165) is 0 Å². The largest absolute Gasteiger partial charge is 0.494 e. The SMILES string of the molecule is COc1cc(NC(=O)C2CCOC2)c(OC)cc1NC(=O)c1ccccc1. The van der Waals surface area contributed by atoms with Crippen LogP contribution in [0.3, 0.4) is 0 Å². The lowest BCUT2D eigenvalue weighted by Gasteiger charge is -2.17. The Balaban J connectivity index is 1.83. The van der Waals surface area contributed by atoms with Crippen molar-refractivity contribution in [3.8, 4) is 11.5 Å². The number of carbonyl (C=O) groups is 2. The van der Waals surface area contributed by atoms with E-state index in [0.29, 0.717) is 48.1 Å². The number of amides is 2. The van der Waals surface area contributed by atoms with Gasteiger partial charge < -0.3 is 24.8 Å². The zero-order chi connectivity index (χ0) is 19.2. The van der Waals surface area contributed by atoms with Crippen LogP contribution in [-0.2, 0) is 9.53 Å². The molecular formula is C20H22N2O5. The fraction of sp³-hybridized carbons (Fsp3) is 0.300. The van der Waals surface area contributed by atoms with Crippen molar-refractivity contribution in [3.63, 3.8) is 0 Å². The first-order valence-electron chi connectivity index (χ1n) is 8.63. The van der Waals surface area contributed by atoms with Gasteiger partial charge in [0.1, 0.15) is 11.5 Å². The minimum absolute atomic E-state index is 0.131. The summed E-state index contributed by atoms with van der Waals surface area (Å²) < 4.78 is 16.0. The van der Waals surface area contributed by atoms with E-state index in [9.17, 15) is 9.59 Å². The number of hydrogen-bond acceptors (Lipinski definition) is 5. The number of hydrogen-bond donors (Lipinski definition) is 2. The first kappa shape index (κ1) is 18.7. The second-order valence-corrected chi connectivity index (χ2v) is 6.12. The maximum Gasteiger partial charge on any atom is 0.255 e. The van der Waals surface area contributed by atoms with Gasteiger partial charge in [-0.1, -0.05) is 18.2 Å². The minimum Gasteiger partial charge on any atom is -0.494 e. The molecule has 0 aliphatic carbocycles. The highest BCUT2D eigenvalue weighted by atomic mass is 16.5. The Labute approximate surface area is 157 Å². The fourth-order valence-corrected chi connectivity index (χ4v) is 2.85. The fourth-order valence-electron chi connectivity index (χ4n) is 2.85. The number of rotatable bonds is 6. The summed E-state index contributed by atoms with van der Waals surface area (Å²) in [5, 5.41) is 5.67. The molecule has 142 valence electrons. The maximum atomic E-state index is 12.4. The monoisotopic (exact) mass is 370 g/mol. The van der Waals surface area contributed by atoms with Crippen molar-refractivity contribution >= 4 is 23.2 Å². The molecule has 27 heavy (non-hydrogen) atoms. The maximum absolute atomic E-state index is 12.4. The van der Waals surface area contributed by atoms with Crippen molar-refractivity contribution < 1.29 is 23.8 Å². The molecule has 0 aromatic heterocycles. The number of nitrogens with one attached hydrogen (secondary N) is 2. The molecule has 0 spiro atoms. The van der Waals surface area contributed by atoms with E-state index in [4.69, 9.17) is 14.2 Å². The van der Waals surface area contributed by atoms with Crippen molar-refractivity contribution in [3.05, 3.63) is 48.0 Å². The van der Waals surface area contributed by atoms with E-state index >= 15 is 0 Å². The molecule has 1 atom stereocenters. The van der Waals surface area contributed by atoms with E-state index in [1.807, 2.05) is 6.07 Å². The second kappa shape index (κ2) is 8.55. The molecule has 1 saturated heterocycles. The van der Waals surface area contributed by atoms with E-state index in [-0.39, 0.29) is 17.7 Å². The third-order valence-corrected chi connectivity index (χ3v) is 4.36. The van der Waals surface area contributed by atoms with Gasteiger partial charge in [-0.15, -0.1) is 0 Å². The zero-order valence-corrected chi connectivity index (χ0v) is 15.3. The summed E-state index contributed by atoms with van der Waals surface area (Å²) in [4.78, 5) is 24.8. The van der Waals surface area contributed by atoms with Crippen LogP contribution in [0.5, 0.6) is 11.5 Å². The molecule has 7 heteroatoms. The number of carbonyl (C=O) groups excluding carboxylic acids is 2. The van der Waals surface area contributed by atoms with Crippen LogP contribution in [0.15, 0.2) is 42.5 Å². The smallest absolute Gasteiger partial charge is 0.255 e. The van der Waals surface area contributed by atoms with Gasteiger partial charge in [-0.2, -0.15) is 0 Å². The Morgan fingerprint density at radius 2 is 1.63 bits per heavy atom. The molecule has 0 radical (unpaired) electrons. The summed E-state index contributed by atoms with van der Waals surface area (Å²) in [5.74, 6) is 0.257. The Morgan fingerprint density at radius 3 is 2.19 bits per heavy atom. The molecule has 0 saturated carbocycles. The standard InChI is InChI=1S/C20H22N2O5/c1-25-17-11-16(22-20(24)14-8-9-27-12-14)18(26-2)10-15(17)21-19(23)13-6-4-3-5-7-13/h3-7,10-11,14H,8-9,12H2,1-2H3,(H,21,23)(H,22,24). The second-order valence-electron chi connectivity index (χ2n) is 6.12. The lowest BCUT2D eigenvalue weighted by Crippen LogP contribution is -2.23. The molecule has 2 N–H and O–H groups in total. The van der Waals surface area contributed by atoms with Gasteiger partial charge in [0.25, 0.3) is 5.91 Å². The Morgan fingerprint density at radius 1 is 1.00 bits per heavy atom. The van der Waals surface area contributed by atoms with Crippen LogP contribution in [0, 0.1) is 5.92 Å². The Hall–Kier alpha value is -3.06. The number of anilines is 2. The zero-order valence-electron chi connectivity index (χ0n) is 15.3. The predicted octanol–water partition coefficient (Wildman–Crippen LogP) is 2.93. The van der Waals surface area contributed by atoms with Gasteiger partial charge in [0.15, 0.2) is 0 Å². The first-order chi connectivity index (χ1) is 13.1. The number of methoxy groups -OCH3 is 2. The minimum atomic E-state index is -0.268. The van der Waals surface area contributed by atoms with E-state index in [1.165, 1.54) is 14.2 Å². The van der Waals surface area contributed by atoms with Crippen molar-refractivity contribution in [1.82, 2.24) is 0 Å².